The van der Waals surface area contributed by atoms with Crippen LogP contribution < -0.4 is 10.1 Å². The van der Waals surface area contributed by atoms with Crippen molar-refractivity contribution in [2.75, 3.05) is 6.54 Å². The molecule has 0 saturated heterocycles. The molecule has 1 amide bonds. The summed E-state index contributed by atoms with van der Waals surface area (Å²) in [5.41, 5.74) is 0. The van der Waals surface area contributed by atoms with Gasteiger partial charge in [-0.2, -0.15) is 0 Å². The summed E-state index contributed by atoms with van der Waals surface area (Å²) in [5.74, 6) is 0.113. The number of carbonyl (C=O) groups excluding carboxylic acids is 1. The zero-order chi connectivity index (χ0) is 9.68. The molecule has 0 aliphatic heterocycles. The number of aromatic hydroxyl groups is 1. The zero-order valence-corrected chi connectivity index (χ0v) is 7.28. The van der Waals surface area contributed by atoms with Gasteiger partial charge < -0.3 is 15.2 Å². The number of benzene rings is 1. The Morgan fingerprint density at radius 3 is 2.85 bits per heavy atom. The summed E-state index contributed by atoms with van der Waals surface area (Å²) in [7, 11) is 0. The van der Waals surface area contributed by atoms with Gasteiger partial charge in [0, 0.05) is 6.54 Å². The number of para-hydroxylation sites is 2. The molecule has 0 heterocycles. The number of phenolic OH excluding ortho intramolecular Hbond substituents is 1. The van der Waals surface area contributed by atoms with Gasteiger partial charge in [-0.15, -0.1) is 0 Å². The minimum atomic E-state index is -0.566. The predicted molar refractivity (Wildman–Crippen MR) is 47.8 cm³/mol. The average Bonchev–Trinajstić information content (AvgIpc) is 2.09. The van der Waals surface area contributed by atoms with E-state index in [0.717, 1.165) is 0 Å². The Morgan fingerprint density at radius 2 is 2.23 bits per heavy atom. The van der Waals surface area contributed by atoms with Crippen molar-refractivity contribution in [3.05, 3.63) is 24.3 Å². The highest BCUT2D eigenvalue weighted by atomic mass is 16.6. The molecule has 0 radical (unpaired) electrons. The van der Waals surface area contributed by atoms with Gasteiger partial charge in [-0.05, 0) is 19.1 Å². The molecule has 13 heavy (non-hydrogen) atoms. The molecule has 0 aromatic heterocycles. The molecule has 4 nitrogen and oxygen atoms in total. The molecule has 0 saturated carbocycles. The van der Waals surface area contributed by atoms with Crippen LogP contribution in [0.25, 0.3) is 0 Å². The lowest BCUT2D eigenvalue weighted by molar-refractivity contribution is 0.199. The van der Waals surface area contributed by atoms with E-state index in [1.807, 2.05) is 0 Å². The van der Waals surface area contributed by atoms with Crippen molar-refractivity contribution in [2.24, 2.45) is 0 Å². The number of phenols is 1. The Hall–Kier alpha value is -1.71. The molecule has 0 bridgehead atoms. The fraction of sp³-hybridized carbons (Fsp3) is 0.222. The first kappa shape index (κ1) is 9.38. The van der Waals surface area contributed by atoms with Crippen LogP contribution in [0.1, 0.15) is 6.92 Å². The van der Waals surface area contributed by atoms with Gasteiger partial charge in [-0.3, -0.25) is 0 Å². The van der Waals surface area contributed by atoms with Gasteiger partial charge in [0.2, 0.25) is 0 Å². The molecule has 0 aliphatic carbocycles. The maximum absolute atomic E-state index is 10.9. The second-order valence-corrected chi connectivity index (χ2v) is 2.39. The van der Waals surface area contributed by atoms with E-state index in [1.54, 1.807) is 19.1 Å². The van der Waals surface area contributed by atoms with Crippen LogP contribution in [0.2, 0.25) is 0 Å². The third-order valence-electron chi connectivity index (χ3n) is 1.39. The van der Waals surface area contributed by atoms with Crippen LogP contribution >= 0.6 is 0 Å². The van der Waals surface area contributed by atoms with E-state index >= 15 is 0 Å². The molecule has 0 spiro atoms. The van der Waals surface area contributed by atoms with E-state index in [-0.39, 0.29) is 11.5 Å². The molecule has 1 rings (SSSR count). The van der Waals surface area contributed by atoms with Gasteiger partial charge in [-0.1, -0.05) is 12.1 Å². The minimum Gasteiger partial charge on any atom is -0.504 e. The molecule has 70 valence electrons. The number of rotatable bonds is 2. The predicted octanol–water partition coefficient (Wildman–Crippen LogP) is 1.50. The molecule has 0 aliphatic rings. The van der Waals surface area contributed by atoms with Crippen LogP contribution in [0.5, 0.6) is 11.5 Å². The third kappa shape index (κ3) is 2.66. The summed E-state index contributed by atoms with van der Waals surface area (Å²) in [6, 6.07) is 6.30. The molecule has 1 aromatic rings. The van der Waals surface area contributed by atoms with Crippen molar-refractivity contribution in [2.45, 2.75) is 6.92 Å². The largest absolute Gasteiger partial charge is 0.504 e. The van der Waals surface area contributed by atoms with Crippen LogP contribution in [0.15, 0.2) is 24.3 Å². The van der Waals surface area contributed by atoms with E-state index in [0.29, 0.717) is 6.54 Å². The molecular weight excluding hydrogens is 170 g/mol. The van der Waals surface area contributed by atoms with Crippen molar-refractivity contribution in [1.82, 2.24) is 5.32 Å². The zero-order valence-electron chi connectivity index (χ0n) is 7.28. The third-order valence-corrected chi connectivity index (χ3v) is 1.39. The number of amides is 1. The highest BCUT2D eigenvalue weighted by Gasteiger charge is 2.05. The van der Waals surface area contributed by atoms with E-state index in [4.69, 9.17) is 4.74 Å². The van der Waals surface area contributed by atoms with Crippen LogP contribution in [-0.4, -0.2) is 17.7 Å². The first-order valence-electron chi connectivity index (χ1n) is 3.97. The highest BCUT2D eigenvalue weighted by Crippen LogP contribution is 2.24. The molecule has 0 atom stereocenters. The van der Waals surface area contributed by atoms with Crippen molar-refractivity contribution in [3.63, 3.8) is 0 Å². The highest BCUT2D eigenvalue weighted by molar-refractivity contribution is 5.71. The van der Waals surface area contributed by atoms with Crippen LogP contribution in [0, 0.1) is 0 Å². The van der Waals surface area contributed by atoms with Crippen LogP contribution in [0.4, 0.5) is 4.79 Å². The Morgan fingerprint density at radius 1 is 1.54 bits per heavy atom. The first-order valence-corrected chi connectivity index (χ1v) is 3.97. The maximum Gasteiger partial charge on any atom is 0.412 e. The smallest absolute Gasteiger partial charge is 0.412 e. The van der Waals surface area contributed by atoms with Gasteiger partial charge in [0.15, 0.2) is 11.5 Å². The monoisotopic (exact) mass is 181 g/mol. The van der Waals surface area contributed by atoms with E-state index in [1.165, 1.54) is 12.1 Å². The fourth-order valence-corrected chi connectivity index (χ4v) is 0.824. The van der Waals surface area contributed by atoms with Gasteiger partial charge >= 0.3 is 6.09 Å². The van der Waals surface area contributed by atoms with E-state index in [2.05, 4.69) is 5.32 Å². The summed E-state index contributed by atoms with van der Waals surface area (Å²) >= 11 is 0. The number of nitrogens with one attached hydrogen (secondary N) is 1. The van der Waals surface area contributed by atoms with Gasteiger partial charge in [0.25, 0.3) is 0 Å². The molecule has 4 heteroatoms. The first-order chi connectivity index (χ1) is 6.24. The van der Waals surface area contributed by atoms with E-state index < -0.39 is 6.09 Å². The Bertz CT molecular complexity index is 299. The molecule has 0 fully saturated rings. The molecule has 0 unspecified atom stereocenters. The molecule has 1 aromatic carbocycles. The van der Waals surface area contributed by atoms with Gasteiger partial charge in [0.05, 0.1) is 0 Å². The Kier molecular flexibility index (Phi) is 3.14. The fourth-order valence-electron chi connectivity index (χ4n) is 0.824. The standard InChI is InChI=1S/C9H11NO3/c1-2-10-9(12)13-8-6-4-3-5-7(8)11/h3-6,11H,2H2,1H3,(H,10,12). The second kappa shape index (κ2) is 4.35. The maximum atomic E-state index is 10.9. The summed E-state index contributed by atoms with van der Waals surface area (Å²) in [5, 5.41) is 11.7. The molecular formula is C9H11NO3. The average molecular weight is 181 g/mol. The minimum absolute atomic E-state index is 0.0475. The van der Waals surface area contributed by atoms with E-state index in [9.17, 15) is 9.90 Å². The summed E-state index contributed by atoms with van der Waals surface area (Å²) in [6.07, 6.45) is -0.566. The van der Waals surface area contributed by atoms with Gasteiger partial charge in [-0.25, -0.2) is 4.79 Å². The summed E-state index contributed by atoms with van der Waals surface area (Å²) in [6.45, 7) is 2.28. The SMILES string of the molecule is CCNC(=O)Oc1ccccc1O. The lowest BCUT2D eigenvalue weighted by atomic mass is 10.3. The van der Waals surface area contributed by atoms with Crippen LogP contribution in [0.3, 0.4) is 0 Å². The number of ether oxygens (including phenoxy) is 1. The Labute approximate surface area is 76.1 Å². The van der Waals surface area contributed by atoms with Crippen molar-refractivity contribution < 1.29 is 14.6 Å². The number of carbonyl (C=O) groups is 1. The van der Waals surface area contributed by atoms with Crippen LogP contribution in [-0.2, 0) is 0 Å². The van der Waals surface area contributed by atoms with Gasteiger partial charge in [0.1, 0.15) is 0 Å². The quantitative estimate of drug-likeness (QED) is 0.726. The number of hydrogen-bond donors (Lipinski definition) is 2. The lowest BCUT2D eigenvalue weighted by Gasteiger charge is -2.05. The normalized spacial score (nSPS) is 9.31. The molecule has 2 N–H and O–H groups in total. The van der Waals surface area contributed by atoms with Crippen molar-refractivity contribution in [3.8, 4) is 11.5 Å². The number of hydrogen-bond acceptors (Lipinski definition) is 3. The van der Waals surface area contributed by atoms with Crippen molar-refractivity contribution >= 4 is 6.09 Å². The summed E-state index contributed by atoms with van der Waals surface area (Å²) < 4.78 is 4.79. The topological polar surface area (TPSA) is 58.6 Å². The second-order valence-electron chi connectivity index (χ2n) is 2.39. The summed E-state index contributed by atoms with van der Waals surface area (Å²) in [4.78, 5) is 10.9. The lowest BCUT2D eigenvalue weighted by Crippen LogP contribution is -2.26. The Balaban J connectivity index is 2.63. The van der Waals surface area contributed by atoms with Crippen molar-refractivity contribution in [1.29, 1.82) is 0 Å².